The van der Waals surface area contributed by atoms with E-state index in [1.165, 1.54) is 11.8 Å². The lowest BCUT2D eigenvalue weighted by Crippen LogP contribution is -2.24. The van der Waals surface area contributed by atoms with Gasteiger partial charge in [0.2, 0.25) is 0 Å². The molecule has 0 spiro atoms. The third kappa shape index (κ3) is 2.96. The van der Waals surface area contributed by atoms with Crippen molar-refractivity contribution in [1.82, 2.24) is 19.9 Å². The molecule has 2 aromatic rings. The molecule has 2 aromatic heterocycles. The first kappa shape index (κ1) is 13.4. The third-order valence-electron chi connectivity index (χ3n) is 3.16. The van der Waals surface area contributed by atoms with E-state index in [9.17, 15) is 4.79 Å². The van der Waals surface area contributed by atoms with E-state index in [2.05, 4.69) is 15.4 Å². The van der Waals surface area contributed by atoms with Gasteiger partial charge in [0.15, 0.2) is 5.16 Å². The number of hydrogen-bond acceptors (Lipinski definition) is 6. The molecule has 7 nitrogen and oxygen atoms in total. The van der Waals surface area contributed by atoms with Crippen molar-refractivity contribution in [3.8, 4) is 0 Å². The van der Waals surface area contributed by atoms with Crippen LogP contribution in [0.1, 0.15) is 24.3 Å². The summed E-state index contributed by atoms with van der Waals surface area (Å²) in [6.07, 6.45) is 2.15. The van der Waals surface area contributed by atoms with Crippen LogP contribution in [0.25, 0.3) is 0 Å². The van der Waals surface area contributed by atoms with Crippen LogP contribution in [0.2, 0.25) is 0 Å². The molecular formula is C12H16N4O3S. The minimum absolute atomic E-state index is 0.110. The Morgan fingerprint density at radius 2 is 2.50 bits per heavy atom. The predicted molar refractivity (Wildman–Crippen MR) is 72.6 cm³/mol. The van der Waals surface area contributed by atoms with Crippen LogP contribution in [0, 0.1) is 6.92 Å². The Labute approximate surface area is 119 Å². The standard InChI is InChI=1S/C12H16N4O3S/c1-8-5-9(15-19-8)7-20-12-14-13-11(17)16(12)6-10-3-2-4-18-10/h5,10H,2-4,6-7H2,1H3,(H,13,17). The van der Waals surface area contributed by atoms with E-state index in [0.717, 1.165) is 30.9 Å². The lowest BCUT2D eigenvalue weighted by molar-refractivity contribution is 0.0941. The lowest BCUT2D eigenvalue weighted by atomic mass is 10.2. The van der Waals surface area contributed by atoms with Crippen molar-refractivity contribution in [3.05, 3.63) is 28.0 Å². The average molecular weight is 296 g/mol. The minimum Gasteiger partial charge on any atom is -0.376 e. The van der Waals surface area contributed by atoms with Gasteiger partial charge in [-0.05, 0) is 19.8 Å². The van der Waals surface area contributed by atoms with Gasteiger partial charge in [-0.2, -0.15) is 0 Å². The molecule has 20 heavy (non-hydrogen) atoms. The van der Waals surface area contributed by atoms with E-state index in [-0.39, 0.29) is 11.8 Å². The predicted octanol–water partition coefficient (Wildman–Crippen LogP) is 1.34. The van der Waals surface area contributed by atoms with Gasteiger partial charge in [0.1, 0.15) is 5.76 Å². The number of rotatable bonds is 5. The number of aromatic amines is 1. The van der Waals surface area contributed by atoms with E-state index in [1.807, 2.05) is 13.0 Å². The zero-order valence-corrected chi connectivity index (χ0v) is 12.0. The summed E-state index contributed by atoms with van der Waals surface area (Å²) in [5.74, 6) is 1.40. The van der Waals surface area contributed by atoms with Crippen LogP contribution in [0.5, 0.6) is 0 Å². The van der Waals surface area contributed by atoms with Gasteiger partial charge < -0.3 is 9.26 Å². The maximum atomic E-state index is 11.8. The summed E-state index contributed by atoms with van der Waals surface area (Å²) in [5, 5.41) is 11.1. The van der Waals surface area contributed by atoms with Crippen molar-refractivity contribution in [3.63, 3.8) is 0 Å². The first-order valence-corrected chi connectivity index (χ1v) is 7.53. The van der Waals surface area contributed by atoms with Crippen LogP contribution < -0.4 is 5.69 Å². The fourth-order valence-corrected chi connectivity index (χ4v) is 3.03. The average Bonchev–Trinajstić information content (AvgIpc) is 3.13. The van der Waals surface area contributed by atoms with Crippen LogP contribution >= 0.6 is 11.8 Å². The molecule has 1 aliphatic heterocycles. The Balaban J connectivity index is 1.68. The molecule has 1 fully saturated rings. The summed E-state index contributed by atoms with van der Waals surface area (Å²) in [5.41, 5.74) is 0.644. The number of ether oxygens (including phenoxy) is 1. The Hall–Kier alpha value is -1.54. The van der Waals surface area contributed by atoms with Crippen molar-refractivity contribution in [2.45, 2.75) is 43.3 Å². The Kier molecular flexibility index (Phi) is 3.93. The number of hydrogen-bond donors (Lipinski definition) is 1. The number of thioether (sulfide) groups is 1. The van der Waals surface area contributed by atoms with Gasteiger partial charge >= 0.3 is 5.69 Å². The Morgan fingerprint density at radius 3 is 3.20 bits per heavy atom. The van der Waals surface area contributed by atoms with Crippen LogP contribution in [0.4, 0.5) is 0 Å². The molecule has 0 bridgehead atoms. The first-order valence-electron chi connectivity index (χ1n) is 6.54. The fraction of sp³-hybridized carbons (Fsp3) is 0.583. The zero-order chi connectivity index (χ0) is 13.9. The summed E-state index contributed by atoms with van der Waals surface area (Å²) >= 11 is 1.46. The molecule has 108 valence electrons. The number of nitrogens with one attached hydrogen (secondary N) is 1. The van der Waals surface area contributed by atoms with E-state index in [0.29, 0.717) is 17.5 Å². The maximum absolute atomic E-state index is 11.8. The highest BCUT2D eigenvalue weighted by Crippen LogP contribution is 2.21. The molecule has 1 aliphatic rings. The van der Waals surface area contributed by atoms with E-state index in [4.69, 9.17) is 9.26 Å². The highest BCUT2D eigenvalue weighted by atomic mass is 32.2. The second-order valence-electron chi connectivity index (χ2n) is 4.77. The molecule has 0 aromatic carbocycles. The molecule has 0 saturated carbocycles. The second-order valence-corrected chi connectivity index (χ2v) is 5.72. The highest BCUT2D eigenvalue weighted by molar-refractivity contribution is 7.98. The molecule has 1 atom stereocenters. The first-order chi connectivity index (χ1) is 9.72. The van der Waals surface area contributed by atoms with Crippen LogP contribution in [0.15, 0.2) is 20.5 Å². The summed E-state index contributed by atoms with van der Waals surface area (Å²) in [6.45, 7) is 3.18. The molecule has 0 radical (unpaired) electrons. The smallest absolute Gasteiger partial charge is 0.344 e. The fourth-order valence-electron chi connectivity index (χ4n) is 2.19. The summed E-state index contributed by atoms with van der Waals surface area (Å²) < 4.78 is 12.2. The van der Waals surface area contributed by atoms with Gasteiger partial charge in [-0.25, -0.2) is 9.89 Å². The number of nitrogens with zero attached hydrogens (tertiary/aromatic N) is 3. The van der Waals surface area contributed by atoms with Crippen molar-refractivity contribution in [2.75, 3.05) is 6.61 Å². The topological polar surface area (TPSA) is 85.9 Å². The Bertz CT molecular complexity index is 627. The monoisotopic (exact) mass is 296 g/mol. The number of H-pyrrole nitrogens is 1. The van der Waals surface area contributed by atoms with E-state index >= 15 is 0 Å². The van der Waals surface area contributed by atoms with Crippen LogP contribution in [-0.2, 0) is 17.0 Å². The normalized spacial score (nSPS) is 18.8. The van der Waals surface area contributed by atoms with Crippen LogP contribution in [-0.4, -0.2) is 32.6 Å². The van der Waals surface area contributed by atoms with E-state index < -0.39 is 0 Å². The molecule has 3 rings (SSSR count). The molecule has 3 heterocycles. The van der Waals surface area contributed by atoms with Crippen molar-refractivity contribution < 1.29 is 9.26 Å². The number of aryl methyl sites for hydroxylation is 1. The number of aromatic nitrogens is 4. The molecule has 1 unspecified atom stereocenters. The summed E-state index contributed by atoms with van der Waals surface area (Å²) in [6, 6.07) is 1.88. The molecule has 0 amide bonds. The zero-order valence-electron chi connectivity index (χ0n) is 11.2. The largest absolute Gasteiger partial charge is 0.376 e. The maximum Gasteiger partial charge on any atom is 0.344 e. The van der Waals surface area contributed by atoms with Gasteiger partial charge in [-0.1, -0.05) is 16.9 Å². The van der Waals surface area contributed by atoms with Gasteiger partial charge in [0.25, 0.3) is 0 Å². The molecule has 1 N–H and O–H groups in total. The Morgan fingerprint density at radius 1 is 1.60 bits per heavy atom. The van der Waals surface area contributed by atoms with Gasteiger partial charge in [0, 0.05) is 18.4 Å². The summed E-state index contributed by atoms with van der Waals surface area (Å²) in [7, 11) is 0. The minimum atomic E-state index is -0.195. The molecule has 0 aliphatic carbocycles. The molecule has 8 heteroatoms. The highest BCUT2D eigenvalue weighted by Gasteiger charge is 2.19. The van der Waals surface area contributed by atoms with E-state index in [1.54, 1.807) is 4.57 Å². The lowest BCUT2D eigenvalue weighted by Gasteiger charge is -2.10. The van der Waals surface area contributed by atoms with Gasteiger partial charge in [0.05, 0.1) is 18.3 Å². The van der Waals surface area contributed by atoms with Gasteiger partial charge in [-0.15, -0.1) is 5.10 Å². The summed E-state index contributed by atoms with van der Waals surface area (Å²) in [4.78, 5) is 11.8. The van der Waals surface area contributed by atoms with Crippen molar-refractivity contribution >= 4 is 11.8 Å². The van der Waals surface area contributed by atoms with Crippen molar-refractivity contribution in [2.24, 2.45) is 0 Å². The second kappa shape index (κ2) is 5.84. The quantitative estimate of drug-likeness (QED) is 0.838. The third-order valence-corrected chi connectivity index (χ3v) is 4.17. The van der Waals surface area contributed by atoms with Crippen molar-refractivity contribution in [1.29, 1.82) is 0 Å². The van der Waals surface area contributed by atoms with Crippen LogP contribution in [0.3, 0.4) is 0 Å². The van der Waals surface area contributed by atoms with Gasteiger partial charge in [-0.3, -0.25) is 4.57 Å². The molecular weight excluding hydrogens is 280 g/mol. The SMILES string of the molecule is Cc1cc(CSc2n[nH]c(=O)n2CC2CCCO2)no1. The molecule has 1 saturated heterocycles.